The molecule has 2 aliphatic rings. The van der Waals surface area contributed by atoms with Crippen LogP contribution in [0.4, 0.5) is 0 Å². The van der Waals surface area contributed by atoms with E-state index in [2.05, 4.69) is 172 Å². The van der Waals surface area contributed by atoms with Crippen LogP contribution in [0.15, 0.2) is 104 Å². The van der Waals surface area contributed by atoms with Gasteiger partial charge in [-0.2, -0.15) is 13.7 Å². The topological polar surface area (TPSA) is 69.0 Å². The minimum Gasteiger partial charge on any atom is -0.350 e. The molecular weight excluding hydrogens is 609 g/mol. The summed E-state index contributed by atoms with van der Waals surface area (Å²) in [6, 6.07) is 29.3. The molecule has 0 amide bonds. The molecule has 46 heavy (non-hydrogen) atoms. The van der Waals surface area contributed by atoms with Crippen LogP contribution in [0.25, 0.3) is 63.4 Å². The van der Waals surface area contributed by atoms with Crippen LogP contribution in [0.5, 0.6) is 0 Å². The van der Waals surface area contributed by atoms with Gasteiger partial charge in [0.2, 0.25) is 0 Å². The molecule has 0 saturated carbocycles. The first-order chi connectivity index (χ1) is 22.0. The Bertz CT molecular complexity index is 2340. The van der Waals surface area contributed by atoms with Gasteiger partial charge in [-0.25, -0.2) is 9.97 Å². The second-order valence-electron chi connectivity index (χ2n) is 11.4. The number of aromatic nitrogens is 7. The fourth-order valence-electron chi connectivity index (χ4n) is 6.19. The molecule has 2 aliphatic heterocycles. The monoisotopic (exact) mass is 641 g/mol. The predicted octanol–water partition coefficient (Wildman–Crippen LogP) is 6.41. The van der Waals surface area contributed by atoms with E-state index in [0.29, 0.717) is 0 Å². The summed E-state index contributed by atoms with van der Waals surface area (Å²) in [5.74, 6) is 0. The van der Waals surface area contributed by atoms with Crippen molar-refractivity contribution in [3.8, 4) is 17.1 Å². The minimum absolute atomic E-state index is 0. The van der Waals surface area contributed by atoms with Gasteiger partial charge in [-0.15, -0.1) is 0 Å². The van der Waals surface area contributed by atoms with E-state index in [0.717, 1.165) is 79.0 Å². The zero-order valence-electron chi connectivity index (χ0n) is 25.7. The number of nitrogens with one attached hydrogen (secondary N) is 2. The van der Waals surface area contributed by atoms with Crippen molar-refractivity contribution in [1.82, 2.24) is 19.9 Å². The molecule has 0 saturated heterocycles. The van der Waals surface area contributed by atoms with Crippen molar-refractivity contribution in [2.75, 3.05) is 0 Å². The third-order valence-corrected chi connectivity index (χ3v) is 8.41. The Morgan fingerprint density at radius 1 is 0.478 bits per heavy atom. The van der Waals surface area contributed by atoms with E-state index in [-0.39, 0.29) is 17.1 Å². The van der Waals surface area contributed by atoms with E-state index in [1.54, 1.807) is 0 Å². The van der Waals surface area contributed by atoms with E-state index in [9.17, 15) is 0 Å². The molecule has 8 heteroatoms. The molecule has 2 N–H and O–H groups in total. The van der Waals surface area contributed by atoms with Gasteiger partial charge in [0.25, 0.3) is 17.1 Å². The van der Waals surface area contributed by atoms with Crippen molar-refractivity contribution in [2.24, 2.45) is 0 Å². The van der Waals surface area contributed by atoms with Gasteiger partial charge in [-0.1, -0.05) is 18.2 Å². The SMILES string of the molecule is Cc1cccc[n+]1-c1c2nc(c(-[n+]3ccccc3C)c3ccc([nH]3)c(-[n+]3ccccc3C)c3nc(cc4ccc1[nH]4)C=C3)C=C2.[Mn]. The van der Waals surface area contributed by atoms with Crippen LogP contribution in [0, 0.1) is 20.8 Å². The molecule has 6 aromatic rings. The molecule has 0 aromatic carbocycles. The molecule has 0 fully saturated rings. The number of hydrogen-bond donors (Lipinski definition) is 2. The molecule has 8 heterocycles. The zero-order chi connectivity index (χ0) is 30.5. The molecule has 223 valence electrons. The first-order valence-corrected chi connectivity index (χ1v) is 15.1. The number of hydrogen-bond acceptors (Lipinski definition) is 2. The number of fused-ring (bicyclic) bond motifs is 8. The number of nitrogens with zero attached hydrogens (tertiary/aromatic N) is 5. The maximum atomic E-state index is 5.32. The molecule has 0 atom stereocenters. The smallest absolute Gasteiger partial charge is 0.260 e. The standard InChI is InChI=1S/C38H32N7.Mn/c1-25-10-4-7-21-43(25)36-30-15-13-28(39-30)24-29-14-16-31(40-29)37(44-22-8-5-11-26(44)2)33-18-20-35(42-33)38(34-19-17-32(36)41-34)45-23-9-6-12-27(45)3;/h4-24,39,42H,1-3H3;/q+3;. The second-order valence-corrected chi connectivity index (χ2v) is 11.4. The van der Waals surface area contributed by atoms with Crippen molar-refractivity contribution in [2.45, 2.75) is 20.8 Å². The quantitative estimate of drug-likeness (QED) is 0.173. The summed E-state index contributed by atoms with van der Waals surface area (Å²) in [7, 11) is 0. The zero-order valence-corrected chi connectivity index (χ0v) is 26.9. The van der Waals surface area contributed by atoms with Gasteiger partial charge in [0.15, 0.2) is 35.7 Å². The van der Waals surface area contributed by atoms with Crippen LogP contribution in [-0.2, 0) is 17.1 Å². The molecule has 6 aromatic heterocycles. The average molecular weight is 642 g/mol. The fraction of sp³-hybridized carbons (Fsp3) is 0.0789. The van der Waals surface area contributed by atoms with Crippen molar-refractivity contribution < 1.29 is 30.8 Å². The van der Waals surface area contributed by atoms with E-state index in [1.165, 1.54) is 0 Å². The van der Waals surface area contributed by atoms with E-state index >= 15 is 0 Å². The van der Waals surface area contributed by atoms with E-state index in [4.69, 9.17) is 9.97 Å². The third kappa shape index (κ3) is 5.08. The van der Waals surface area contributed by atoms with Gasteiger partial charge in [-0.3, -0.25) is 0 Å². The van der Waals surface area contributed by atoms with Gasteiger partial charge >= 0.3 is 0 Å². The van der Waals surface area contributed by atoms with Crippen molar-refractivity contribution >= 4 is 46.4 Å². The maximum Gasteiger partial charge on any atom is 0.260 e. The summed E-state index contributed by atoms with van der Waals surface area (Å²) < 4.78 is 6.59. The van der Waals surface area contributed by atoms with Crippen LogP contribution in [-0.4, -0.2) is 19.9 Å². The Labute approximate surface area is 277 Å². The molecule has 7 nitrogen and oxygen atoms in total. The Kier molecular flexibility index (Phi) is 7.53. The summed E-state index contributed by atoms with van der Waals surface area (Å²) in [5.41, 5.74) is 13.6. The summed E-state index contributed by atoms with van der Waals surface area (Å²) in [5, 5.41) is 0. The van der Waals surface area contributed by atoms with Crippen LogP contribution >= 0.6 is 0 Å². The summed E-state index contributed by atoms with van der Waals surface area (Å²) in [6.45, 7) is 6.35. The molecule has 1 radical (unpaired) electrons. The Morgan fingerprint density at radius 3 is 1.41 bits per heavy atom. The summed E-state index contributed by atoms with van der Waals surface area (Å²) in [4.78, 5) is 17.9. The van der Waals surface area contributed by atoms with Gasteiger partial charge < -0.3 is 9.97 Å². The van der Waals surface area contributed by atoms with Crippen LogP contribution in [0.2, 0.25) is 0 Å². The van der Waals surface area contributed by atoms with Crippen LogP contribution in [0.1, 0.15) is 39.9 Å². The first kappa shape index (κ1) is 29.3. The van der Waals surface area contributed by atoms with E-state index in [1.807, 2.05) is 0 Å². The van der Waals surface area contributed by atoms with Crippen molar-refractivity contribution in [3.63, 3.8) is 0 Å². The molecular formula is C38H32MnN7+3. The first-order valence-electron chi connectivity index (χ1n) is 15.1. The van der Waals surface area contributed by atoms with Crippen molar-refractivity contribution in [3.05, 3.63) is 143 Å². The Balaban J connectivity index is 0.00000338. The molecule has 0 spiro atoms. The molecule has 8 bridgehead atoms. The average Bonchev–Trinajstić information content (AvgIpc) is 3.87. The molecule has 8 rings (SSSR count). The van der Waals surface area contributed by atoms with Gasteiger partial charge in [0.05, 0.1) is 5.69 Å². The summed E-state index contributed by atoms with van der Waals surface area (Å²) >= 11 is 0. The van der Waals surface area contributed by atoms with Gasteiger partial charge in [0, 0.05) is 79.8 Å². The number of H-pyrrole nitrogens is 2. The maximum absolute atomic E-state index is 5.32. The minimum atomic E-state index is 0. The normalized spacial score (nSPS) is 11.9. The predicted molar refractivity (Wildman–Crippen MR) is 178 cm³/mol. The number of rotatable bonds is 3. The molecule has 0 unspecified atom stereocenters. The third-order valence-electron chi connectivity index (χ3n) is 8.41. The van der Waals surface area contributed by atoms with Crippen LogP contribution in [0.3, 0.4) is 0 Å². The summed E-state index contributed by atoms with van der Waals surface area (Å²) in [6.07, 6.45) is 14.7. The largest absolute Gasteiger partial charge is 0.350 e. The van der Waals surface area contributed by atoms with Crippen molar-refractivity contribution in [1.29, 1.82) is 0 Å². The fourth-order valence-corrected chi connectivity index (χ4v) is 6.19. The van der Waals surface area contributed by atoms with Gasteiger partial charge in [0.1, 0.15) is 33.6 Å². The van der Waals surface area contributed by atoms with Gasteiger partial charge in [-0.05, 0) is 54.6 Å². The van der Waals surface area contributed by atoms with Crippen LogP contribution < -0.4 is 13.7 Å². The second kappa shape index (κ2) is 11.8. The Morgan fingerprint density at radius 2 is 0.913 bits per heavy atom. The Hall–Kier alpha value is -5.43. The number of aromatic amines is 2. The number of pyridine rings is 3. The molecule has 0 aliphatic carbocycles. The number of aryl methyl sites for hydroxylation is 3. The van der Waals surface area contributed by atoms with E-state index < -0.39 is 0 Å².